The van der Waals surface area contributed by atoms with Crippen molar-refractivity contribution in [3.05, 3.63) is 11.4 Å². The third-order valence-corrected chi connectivity index (χ3v) is 4.81. The molecule has 0 bridgehead atoms. The summed E-state index contributed by atoms with van der Waals surface area (Å²) in [6.45, 7) is 0.709. The molecule has 0 aliphatic carbocycles. The molecular formula is C12H21N5O4S. The Kier molecular flexibility index (Phi) is 4.83. The average molecular weight is 331 g/mol. The second-order valence-corrected chi connectivity index (χ2v) is 7.58. The van der Waals surface area contributed by atoms with Gasteiger partial charge in [0, 0.05) is 33.6 Å². The molecule has 2 heterocycles. The van der Waals surface area contributed by atoms with Crippen LogP contribution in [0.15, 0.2) is 0 Å². The molecule has 0 N–H and O–H groups in total. The van der Waals surface area contributed by atoms with E-state index >= 15 is 0 Å². The Balaban J connectivity index is 2.11. The van der Waals surface area contributed by atoms with Gasteiger partial charge in [0.15, 0.2) is 0 Å². The van der Waals surface area contributed by atoms with Gasteiger partial charge in [-0.15, -0.1) is 5.10 Å². The Labute approximate surface area is 129 Å². The predicted molar refractivity (Wildman–Crippen MR) is 78.5 cm³/mol. The second-order valence-electron chi connectivity index (χ2n) is 5.60. The zero-order valence-corrected chi connectivity index (χ0v) is 14.0. The van der Waals surface area contributed by atoms with Crippen molar-refractivity contribution in [2.75, 3.05) is 40.1 Å². The van der Waals surface area contributed by atoms with Crippen molar-refractivity contribution in [1.29, 1.82) is 0 Å². The molecule has 0 aromatic carbocycles. The minimum Gasteiger partial charge on any atom is -0.371 e. The van der Waals surface area contributed by atoms with Crippen LogP contribution in [0.3, 0.4) is 0 Å². The zero-order chi connectivity index (χ0) is 16.5. The minimum absolute atomic E-state index is 0.0387. The fourth-order valence-corrected chi connectivity index (χ4v) is 3.19. The summed E-state index contributed by atoms with van der Waals surface area (Å²) in [6.07, 6.45) is 1.17. The number of likely N-dealkylation sites (N-methyl/N-ethyl adjacent to an activating group) is 1. The van der Waals surface area contributed by atoms with E-state index in [9.17, 15) is 13.2 Å². The van der Waals surface area contributed by atoms with Gasteiger partial charge in [0.2, 0.25) is 15.9 Å². The molecule has 1 atom stereocenters. The van der Waals surface area contributed by atoms with E-state index in [2.05, 4.69) is 10.3 Å². The largest absolute Gasteiger partial charge is 0.371 e. The standard InChI is InChI=1S/C12H21N5O4S/c1-15(2)11(18)8-21-7-9-5-17(22(4,19)20)6-10-12(9)16(3)14-13-10/h9H,5-8H2,1-4H3/t9-/m1/s1. The third-order valence-electron chi connectivity index (χ3n) is 3.59. The number of carbonyl (C=O) groups excluding carboxylic acids is 1. The monoisotopic (exact) mass is 331 g/mol. The molecule has 0 spiro atoms. The van der Waals surface area contributed by atoms with Crippen LogP contribution in [0.1, 0.15) is 17.3 Å². The highest BCUT2D eigenvalue weighted by molar-refractivity contribution is 7.88. The molecule has 1 aliphatic rings. The molecule has 10 heteroatoms. The fourth-order valence-electron chi connectivity index (χ4n) is 2.39. The van der Waals surface area contributed by atoms with E-state index in [-0.39, 0.29) is 31.6 Å². The van der Waals surface area contributed by atoms with Gasteiger partial charge in [-0.1, -0.05) is 5.21 Å². The summed E-state index contributed by atoms with van der Waals surface area (Å²) < 4.78 is 32.0. The van der Waals surface area contributed by atoms with Crippen molar-refractivity contribution in [2.45, 2.75) is 12.5 Å². The smallest absolute Gasteiger partial charge is 0.248 e. The molecule has 1 aromatic rings. The lowest BCUT2D eigenvalue weighted by Crippen LogP contribution is -2.40. The van der Waals surface area contributed by atoms with Crippen LogP contribution < -0.4 is 0 Å². The number of fused-ring (bicyclic) bond motifs is 1. The van der Waals surface area contributed by atoms with Crippen molar-refractivity contribution in [3.8, 4) is 0 Å². The highest BCUT2D eigenvalue weighted by Crippen LogP contribution is 2.28. The molecule has 124 valence electrons. The van der Waals surface area contributed by atoms with E-state index in [1.165, 1.54) is 15.5 Å². The molecule has 1 aromatic heterocycles. The molecule has 0 radical (unpaired) electrons. The number of amides is 1. The number of aryl methyl sites for hydroxylation is 1. The van der Waals surface area contributed by atoms with Gasteiger partial charge in [0.25, 0.3) is 0 Å². The van der Waals surface area contributed by atoms with E-state index in [1.54, 1.807) is 25.8 Å². The Hall–Kier alpha value is -1.52. The second kappa shape index (κ2) is 6.31. The number of rotatable bonds is 5. The number of hydrogen-bond acceptors (Lipinski definition) is 6. The van der Waals surface area contributed by atoms with Crippen LogP contribution in [-0.4, -0.2) is 78.6 Å². The van der Waals surface area contributed by atoms with Crippen molar-refractivity contribution in [1.82, 2.24) is 24.2 Å². The lowest BCUT2D eigenvalue weighted by molar-refractivity contribution is -0.133. The van der Waals surface area contributed by atoms with Gasteiger partial charge < -0.3 is 9.64 Å². The van der Waals surface area contributed by atoms with Crippen molar-refractivity contribution < 1.29 is 17.9 Å². The van der Waals surface area contributed by atoms with Crippen LogP contribution in [0, 0.1) is 0 Å². The topological polar surface area (TPSA) is 97.6 Å². The fraction of sp³-hybridized carbons (Fsp3) is 0.750. The summed E-state index contributed by atoms with van der Waals surface area (Å²) in [5.41, 5.74) is 1.49. The molecule has 1 aliphatic heterocycles. The molecule has 2 rings (SSSR count). The van der Waals surface area contributed by atoms with Crippen molar-refractivity contribution in [2.24, 2.45) is 7.05 Å². The van der Waals surface area contributed by atoms with Crippen LogP contribution in [0.5, 0.6) is 0 Å². The molecule has 0 fully saturated rings. The molecule has 9 nitrogen and oxygen atoms in total. The summed E-state index contributed by atoms with van der Waals surface area (Å²) in [7, 11) is 1.75. The molecule has 22 heavy (non-hydrogen) atoms. The lowest BCUT2D eigenvalue weighted by atomic mass is 10.0. The van der Waals surface area contributed by atoms with E-state index in [0.717, 1.165) is 5.69 Å². The van der Waals surface area contributed by atoms with E-state index < -0.39 is 10.0 Å². The lowest BCUT2D eigenvalue weighted by Gasteiger charge is -2.30. The maximum atomic E-state index is 11.8. The average Bonchev–Trinajstić information content (AvgIpc) is 2.79. The molecule has 0 saturated heterocycles. The molecule has 0 saturated carbocycles. The van der Waals surface area contributed by atoms with Gasteiger partial charge in [-0.25, -0.2) is 8.42 Å². The zero-order valence-electron chi connectivity index (χ0n) is 13.2. The Morgan fingerprint density at radius 1 is 1.45 bits per heavy atom. The van der Waals surface area contributed by atoms with Crippen molar-refractivity contribution >= 4 is 15.9 Å². The van der Waals surface area contributed by atoms with Crippen LogP contribution in [0.2, 0.25) is 0 Å². The first-order valence-electron chi connectivity index (χ1n) is 6.81. The third kappa shape index (κ3) is 3.62. The minimum atomic E-state index is -3.32. The first kappa shape index (κ1) is 16.8. The molecule has 0 unspecified atom stereocenters. The van der Waals surface area contributed by atoms with Gasteiger partial charge in [0.05, 0.1) is 25.1 Å². The van der Waals surface area contributed by atoms with E-state index in [4.69, 9.17) is 4.74 Å². The number of sulfonamides is 1. The summed E-state index contributed by atoms with van der Waals surface area (Å²) in [4.78, 5) is 13.0. The van der Waals surface area contributed by atoms with Crippen LogP contribution in [0.4, 0.5) is 0 Å². The highest BCUT2D eigenvalue weighted by atomic mass is 32.2. The van der Waals surface area contributed by atoms with Crippen LogP contribution in [0.25, 0.3) is 0 Å². The quantitative estimate of drug-likeness (QED) is 0.671. The summed E-state index contributed by atoms with van der Waals surface area (Å²) >= 11 is 0. The molecular weight excluding hydrogens is 310 g/mol. The maximum Gasteiger partial charge on any atom is 0.248 e. The summed E-state index contributed by atoms with van der Waals surface area (Å²) in [5, 5.41) is 7.97. The number of hydrogen-bond donors (Lipinski definition) is 0. The SMILES string of the molecule is CN(C)C(=O)COC[C@H]1CN(S(C)(=O)=O)Cc2nnn(C)c21. The summed E-state index contributed by atoms with van der Waals surface area (Å²) in [5.74, 6) is -0.340. The Morgan fingerprint density at radius 3 is 2.73 bits per heavy atom. The van der Waals surface area contributed by atoms with Crippen LogP contribution in [-0.2, 0) is 33.1 Å². The maximum absolute atomic E-state index is 11.8. The Bertz CT molecular complexity index is 654. The normalized spacial score (nSPS) is 19.0. The van der Waals surface area contributed by atoms with Gasteiger partial charge in [0.1, 0.15) is 12.3 Å². The first-order chi connectivity index (χ1) is 10.2. The van der Waals surface area contributed by atoms with Gasteiger partial charge in [-0.05, 0) is 0 Å². The number of aromatic nitrogens is 3. The number of carbonyl (C=O) groups is 1. The van der Waals surface area contributed by atoms with Gasteiger partial charge in [-0.3, -0.25) is 9.48 Å². The Morgan fingerprint density at radius 2 is 2.14 bits per heavy atom. The first-order valence-corrected chi connectivity index (χ1v) is 8.66. The van der Waals surface area contributed by atoms with Crippen LogP contribution >= 0.6 is 0 Å². The number of ether oxygens (including phenoxy) is 1. The van der Waals surface area contributed by atoms with E-state index in [1.807, 2.05) is 0 Å². The highest BCUT2D eigenvalue weighted by Gasteiger charge is 2.34. The van der Waals surface area contributed by atoms with Gasteiger partial charge >= 0.3 is 0 Å². The van der Waals surface area contributed by atoms with Crippen molar-refractivity contribution in [3.63, 3.8) is 0 Å². The predicted octanol–water partition coefficient (Wildman–Crippen LogP) is -1.22. The van der Waals surface area contributed by atoms with Gasteiger partial charge in [-0.2, -0.15) is 4.31 Å². The van der Waals surface area contributed by atoms with E-state index in [0.29, 0.717) is 12.2 Å². The summed E-state index contributed by atoms with van der Waals surface area (Å²) in [6, 6.07) is 0. The molecule has 1 amide bonds. The number of nitrogens with zero attached hydrogens (tertiary/aromatic N) is 5.